The van der Waals surface area contributed by atoms with Gasteiger partial charge in [-0.05, 0) is 47.0 Å². The van der Waals surface area contributed by atoms with Crippen molar-refractivity contribution in [3.8, 4) is 0 Å². The minimum Gasteiger partial charge on any atom is -0.350 e. The van der Waals surface area contributed by atoms with E-state index in [0.717, 1.165) is 12.3 Å². The Morgan fingerprint density at radius 3 is 1.36 bits per heavy atom. The van der Waals surface area contributed by atoms with Crippen molar-refractivity contribution in [1.82, 2.24) is 4.90 Å². The van der Waals surface area contributed by atoms with E-state index in [9.17, 15) is 4.79 Å². The van der Waals surface area contributed by atoms with E-state index < -0.39 is 5.41 Å². The number of carbonyl (C=O) groups excluding carboxylic acids is 1. The summed E-state index contributed by atoms with van der Waals surface area (Å²) in [5.74, 6) is 0.845. The van der Waals surface area contributed by atoms with Crippen LogP contribution in [0, 0.1) is 10.8 Å². The quantitative estimate of drug-likeness (QED) is 0.487. The minimum atomic E-state index is -0.454. The Balaban J connectivity index is 6.05. The topological polar surface area (TPSA) is 32.7 Å². The monoisotopic (exact) mass is 310 g/mol. The van der Waals surface area contributed by atoms with E-state index in [1.54, 1.807) is 0 Å². The van der Waals surface area contributed by atoms with Crippen molar-refractivity contribution in [1.29, 1.82) is 0 Å². The van der Waals surface area contributed by atoms with E-state index >= 15 is 0 Å². The maximum Gasteiger partial charge on any atom is 0.252 e. The average molecular weight is 311 g/mol. The van der Waals surface area contributed by atoms with E-state index in [-0.39, 0.29) is 22.4 Å². The molecule has 0 heterocycles. The summed E-state index contributed by atoms with van der Waals surface area (Å²) < 4.78 is 0. The van der Waals surface area contributed by atoms with Gasteiger partial charge < -0.3 is 4.90 Å². The van der Waals surface area contributed by atoms with Gasteiger partial charge in [0.1, 0.15) is 5.84 Å². The second-order valence-electron chi connectivity index (χ2n) is 10.5. The molecule has 0 aromatic heterocycles. The lowest BCUT2D eigenvalue weighted by atomic mass is 9.87. The fourth-order valence-electron chi connectivity index (χ4n) is 2.71. The fraction of sp³-hybridized carbons (Fsp3) is 0.895. The molecule has 0 bridgehead atoms. The molecule has 0 fully saturated rings. The molecule has 0 saturated carbocycles. The summed E-state index contributed by atoms with van der Waals surface area (Å²) in [5.41, 5.74) is -0.572. The molecule has 22 heavy (non-hydrogen) atoms. The van der Waals surface area contributed by atoms with Gasteiger partial charge in [-0.2, -0.15) is 4.99 Å². The highest BCUT2D eigenvalue weighted by molar-refractivity contribution is 5.97. The summed E-state index contributed by atoms with van der Waals surface area (Å²) in [6.07, 6.45) is 0.781. The smallest absolute Gasteiger partial charge is 0.252 e. The first-order valence-electron chi connectivity index (χ1n) is 8.28. The van der Waals surface area contributed by atoms with Crippen LogP contribution >= 0.6 is 0 Å². The van der Waals surface area contributed by atoms with Gasteiger partial charge in [0.2, 0.25) is 0 Å². The lowest BCUT2D eigenvalue weighted by molar-refractivity contribution is -0.125. The van der Waals surface area contributed by atoms with Crippen molar-refractivity contribution < 1.29 is 4.79 Å². The Hall–Kier alpha value is -0.860. The third kappa shape index (κ3) is 6.93. The van der Waals surface area contributed by atoms with E-state index in [1.165, 1.54) is 0 Å². The van der Waals surface area contributed by atoms with Crippen molar-refractivity contribution in [2.24, 2.45) is 15.8 Å². The van der Waals surface area contributed by atoms with Crippen LogP contribution in [0.5, 0.6) is 0 Å². The molecule has 0 aliphatic rings. The first-order valence-corrected chi connectivity index (χ1v) is 8.28. The molecule has 0 aromatic carbocycles. The Labute approximate surface area is 138 Å². The molecular formula is C19H38N2O. The average Bonchev–Trinajstić information content (AvgIpc) is 2.06. The van der Waals surface area contributed by atoms with Gasteiger partial charge in [0.15, 0.2) is 0 Å². The molecule has 0 aliphatic heterocycles. The highest BCUT2D eigenvalue weighted by Crippen LogP contribution is 2.31. The second-order valence-corrected chi connectivity index (χ2v) is 10.5. The van der Waals surface area contributed by atoms with E-state index in [1.807, 2.05) is 20.8 Å². The Bertz CT molecular complexity index is 406. The molecule has 0 aliphatic carbocycles. The standard InChI is InChI=1S/C19H38N2O/c1-16(2,3)13-14(20-15(22)17(4,5)6)21(18(7,8)9)19(10,11)12/h13H2,1-12H3. The molecule has 1 amide bonds. The van der Waals surface area contributed by atoms with Crippen LogP contribution in [0.2, 0.25) is 0 Å². The zero-order valence-electron chi connectivity index (χ0n) is 17.0. The Kier molecular flexibility index (Phi) is 6.08. The SMILES string of the molecule is CC(C)(C)CC(=NC(=O)C(C)(C)C)N(C(C)(C)C)C(C)(C)C. The van der Waals surface area contributed by atoms with Crippen molar-refractivity contribution in [2.45, 2.75) is 101 Å². The maximum atomic E-state index is 12.5. The van der Waals surface area contributed by atoms with Crippen molar-refractivity contribution in [2.75, 3.05) is 0 Å². The van der Waals surface area contributed by atoms with Crippen molar-refractivity contribution in [3.05, 3.63) is 0 Å². The largest absolute Gasteiger partial charge is 0.350 e. The van der Waals surface area contributed by atoms with Crippen LogP contribution in [0.15, 0.2) is 4.99 Å². The van der Waals surface area contributed by atoms with Gasteiger partial charge in [0, 0.05) is 22.9 Å². The molecule has 0 radical (unpaired) electrons. The number of aliphatic imine (C=N–C) groups is 1. The van der Waals surface area contributed by atoms with Gasteiger partial charge in [-0.25, -0.2) is 0 Å². The summed E-state index contributed by atoms with van der Waals surface area (Å²) >= 11 is 0. The predicted octanol–water partition coefficient (Wildman–Crippen LogP) is 5.29. The van der Waals surface area contributed by atoms with Gasteiger partial charge in [0.05, 0.1) is 0 Å². The Morgan fingerprint density at radius 1 is 0.773 bits per heavy atom. The summed E-state index contributed by atoms with van der Waals surface area (Å²) in [5, 5.41) is 0. The van der Waals surface area contributed by atoms with E-state index in [0.29, 0.717) is 0 Å². The first-order chi connectivity index (χ1) is 9.36. The number of amides is 1. The molecule has 3 nitrogen and oxygen atoms in total. The maximum absolute atomic E-state index is 12.5. The van der Waals surface area contributed by atoms with Crippen molar-refractivity contribution >= 4 is 11.7 Å². The second kappa shape index (κ2) is 6.33. The van der Waals surface area contributed by atoms with Gasteiger partial charge in [-0.15, -0.1) is 0 Å². The lowest BCUT2D eigenvalue weighted by Crippen LogP contribution is -2.56. The molecule has 0 N–H and O–H groups in total. The van der Waals surface area contributed by atoms with Crippen LogP contribution in [0.3, 0.4) is 0 Å². The van der Waals surface area contributed by atoms with Crippen LogP contribution in [0.1, 0.15) is 89.5 Å². The van der Waals surface area contributed by atoms with Crippen LogP contribution in [-0.4, -0.2) is 27.7 Å². The fourth-order valence-corrected chi connectivity index (χ4v) is 2.71. The van der Waals surface area contributed by atoms with Crippen molar-refractivity contribution in [3.63, 3.8) is 0 Å². The van der Waals surface area contributed by atoms with Gasteiger partial charge in [0.25, 0.3) is 5.91 Å². The van der Waals surface area contributed by atoms with Crippen LogP contribution in [-0.2, 0) is 4.79 Å². The number of rotatable bonds is 1. The molecular weight excluding hydrogens is 272 g/mol. The summed E-state index contributed by atoms with van der Waals surface area (Å²) in [4.78, 5) is 19.4. The van der Waals surface area contributed by atoms with Gasteiger partial charge in [-0.1, -0.05) is 41.5 Å². The highest BCUT2D eigenvalue weighted by Gasteiger charge is 2.36. The molecule has 0 rings (SSSR count). The molecule has 0 aromatic rings. The number of amidine groups is 1. The predicted molar refractivity (Wildman–Crippen MR) is 97.3 cm³/mol. The van der Waals surface area contributed by atoms with Gasteiger partial charge in [-0.3, -0.25) is 4.79 Å². The molecule has 130 valence electrons. The number of nitrogens with zero attached hydrogens (tertiary/aromatic N) is 2. The molecule has 0 atom stereocenters. The highest BCUT2D eigenvalue weighted by atomic mass is 16.1. The summed E-state index contributed by atoms with van der Waals surface area (Å²) in [6.45, 7) is 25.4. The summed E-state index contributed by atoms with van der Waals surface area (Å²) in [6, 6.07) is 0. The lowest BCUT2D eigenvalue weighted by Gasteiger charge is -2.48. The molecule has 0 saturated heterocycles. The molecule has 3 heteroatoms. The third-order valence-corrected chi connectivity index (χ3v) is 3.16. The van der Waals surface area contributed by atoms with E-state index in [4.69, 9.17) is 0 Å². The molecule has 0 unspecified atom stereocenters. The van der Waals surface area contributed by atoms with Gasteiger partial charge >= 0.3 is 0 Å². The normalized spacial score (nSPS) is 15.0. The first kappa shape index (κ1) is 21.1. The minimum absolute atomic E-state index is 0.0507. The number of hydrogen-bond donors (Lipinski definition) is 0. The number of hydrogen-bond acceptors (Lipinski definition) is 1. The third-order valence-electron chi connectivity index (χ3n) is 3.16. The zero-order chi connectivity index (χ0) is 18.1. The zero-order valence-corrected chi connectivity index (χ0v) is 17.0. The number of carbonyl (C=O) groups is 1. The van der Waals surface area contributed by atoms with Crippen LogP contribution in [0.4, 0.5) is 0 Å². The van der Waals surface area contributed by atoms with Crippen LogP contribution in [0.25, 0.3) is 0 Å². The summed E-state index contributed by atoms with van der Waals surface area (Å²) in [7, 11) is 0. The van der Waals surface area contributed by atoms with E-state index in [2.05, 4.69) is 72.2 Å². The Morgan fingerprint density at radius 2 is 1.14 bits per heavy atom. The molecule has 0 spiro atoms. The van der Waals surface area contributed by atoms with Crippen LogP contribution < -0.4 is 0 Å².